The van der Waals surface area contributed by atoms with Crippen LogP contribution in [-0.4, -0.2) is 24.5 Å². The number of hydrazone groups is 1. The normalized spacial score (nSPS) is 10.4. The second kappa shape index (κ2) is 11.2. The van der Waals surface area contributed by atoms with Crippen molar-refractivity contribution in [1.29, 1.82) is 0 Å². The number of nitrogens with zero attached hydrogens (tertiary/aromatic N) is 1. The highest BCUT2D eigenvalue weighted by Crippen LogP contribution is 2.29. The van der Waals surface area contributed by atoms with Crippen LogP contribution in [0.4, 0.5) is 0 Å². The van der Waals surface area contributed by atoms with Crippen LogP contribution in [0.3, 0.4) is 0 Å². The Hall–Kier alpha value is -2.57. The van der Waals surface area contributed by atoms with Crippen LogP contribution in [0, 0.1) is 0 Å². The van der Waals surface area contributed by atoms with E-state index in [4.69, 9.17) is 33.3 Å². The Balaban J connectivity index is 2.02. The van der Waals surface area contributed by atoms with Crippen molar-refractivity contribution in [2.45, 2.75) is 13.5 Å². The van der Waals surface area contributed by atoms with Crippen LogP contribution >= 0.6 is 23.8 Å². The summed E-state index contributed by atoms with van der Waals surface area (Å²) in [6.07, 6.45) is 3.37. The minimum Gasteiger partial charge on any atom is -0.490 e. The van der Waals surface area contributed by atoms with E-state index in [1.165, 1.54) is 0 Å². The van der Waals surface area contributed by atoms with Crippen LogP contribution in [0.1, 0.15) is 18.1 Å². The molecule has 0 aliphatic carbocycles. The molecule has 2 aromatic rings. The Morgan fingerprint density at radius 3 is 2.81 bits per heavy atom. The van der Waals surface area contributed by atoms with E-state index in [1.54, 1.807) is 12.3 Å². The quantitative estimate of drug-likeness (QED) is 0.283. The van der Waals surface area contributed by atoms with Crippen molar-refractivity contribution < 1.29 is 9.47 Å². The van der Waals surface area contributed by atoms with Gasteiger partial charge in [0.1, 0.15) is 6.61 Å². The third-order valence-corrected chi connectivity index (χ3v) is 3.81. The van der Waals surface area contributed by atoms with Gasteiger partial charge in [-0.3, -0.25) is 5.43 Å². The van der Waals surface area contributed by atoms with Gasteiger partial charge in [-0.1, -0.05) is 29.8 Å². The van der Waals surface area contributed by atoms with Gasteiger partial charge in [0, 0.05) is 11.6 Å². The molecule has 2 rings (SSSR count). The standard InChI is InChI=1S/C20H22ClN3O2S/c1-3-10-22-20(27)24-23-13-15-8-9-18(19(12-15)25-4-2)26-14-16-6-5-7-17(21)11-16/h3,5-9,11-13H,1,4,10,14H2,2H3,(H2,22,24,27)/b23-13-. The molecule has 27 heavy (non-hydrogen) atoms. The summed E-state index contributed by atoms with van der Waals surface area (Å²) < 4.78 is 11.6. The fourth-order valence-electron chi connectivity index (χ4n) is 2.15. The maximum Gasteiger partial charge on any atom is 0.187 e. The Bertz CT molecular complexity index is 812. The lowest BCUT2D eigenvalue weighted by molar-refractivity contribution is 0.269. The molecular weight excluding hydrogens is 382 g/mol. The monoisotopic (exact) mass is 403 g/mol. The molecule has 0 unspecified atom stereocenters. The van der Waals surface area contributed by atoms with E-state index >= 15 is 0 Å². The Morgan fingerprint density at radius 1 is 1.22 bits per heavy atom. The third-order valence-electron chi connectivity index (χ3n) is 3.34. The molecule has 0 atom stereocenters. The molecule has 2 aromatic carbocycles. The van der Waals surface area contributed by atoms with Crippen molar-refractivity contribution in [2.75, 3.05) is 13.2 Å². The van der Waals surface area contributed by atoms with Gasteiger partial charge in [-0.2, -0.15) is 5.10 Å². The summed E-state index contributed by atoms with van der Waals surface area (Å²) in [6.45, 7) is 7.05. The number of ether oxygens (including phenoxy) is 2. The predicted octanol–water partition coefficient (Wildman–Crippen LogP) is 4.30. The molecule has 0 aliphatic rings. The number of thiocarbonyl (C=S) groups is 1. The fraction of sp³-hybridized carbons (Fsp3) is 0.200. The number of hydrogen-bond donors (Lipinski definition) is 2. The zero-order chi connectivity index (χ0) is 19.5. The van der Waals surface area contributed by atoms with Gasteiger partial charge in [-0.05, 0) is 60.6 Å². The minimum atomic E-state index is 0.402. The molecule has 2 N–H and O–H groups in total. The maximum absolute atomic E-state index is 6.01. The first kappa shape index (κ1) is 20.7. The van der Waals surface area contributed by atoms with E-state index in [0.717, 1.165) is 11.1 Å². The van der Waals surface area contributed by atoms with Crippen LogP contribution in [-0.2, 0) is 6.61 Å². The van der Waals surface area contributed by atoms with Crippen molar-refractivity contribution in [1.82, 2.24) is 10.7 Å². The van der Waals surface area contributed by atoms with E-state index in [9.17, 15) is 0 Å². The molecule has 0 spiro atoms. The van der Waals surface area contributed by atoms with Gasteiger partial charge in [0.15, 0.2) is 16.6 Å². The van der Waals surface area contributed by atoms with Crippen molar-refractivity contribution in [3.63, 3.8) is 0 Å². The van der Waals surface area contributed by atoms with E-state index in [-0.39, 0.29) is 0 Å². The van der Waals surface area contributed by atoms with Crippen molar-refractivity contribution in [3.8, 4) is 11.5 Å². The molecule has 5 nitrogen and oxygen atoms in total. The molecule has 0 aromatic heterocycles. The van der Waals surface area contributed by atoms with Crippen molar-refractivity contribution >= 4 is 35.1 Å². The van der Waals surface area contributed by atoms with Crippen LogP contribution in [0.25, 0.3) is 0 Å². The van der Waals surface area contributed by atoms with Gasteiger partial charge in [-0.15, -0.1) is 6.58 Å². The summed E-state index contributed by atoms with van der Waals surface area (Å²) in [5.41, 5.74) is 4.58. The average molecular weight is 404 g/mol. The lowest BCUT2D eigenvalue weighted by atomic mass is 10.2. The zero-order valence-electron chi connectivity index (χ0n) is 15.1. The molecule has 0 aliphatic heterocycles. The Labute approximate surface area is 170 Å². The first-order valence-electron chi connectivity index (χ1n) is 8.44. The van der Waals surface area contributed by atoms with Gasteiger partial charge < -0.3 is 14.8 Å². The molecule has 142 valence electrons. The highest BCUT2D eigenvalue weighted by Gasteiger charge is 2.07. The van der Waals surface area contributed by atoms with E-state index in [0.29, 0.717) is 41.4 Å². The summed E-state index contributed by atoms with van der Waals surface area (Å²) in [7, 11) is 0. The number of nitrogens with one attached hydrogen (secondary N) is 2. The number of halogens is 1. The van der Waals surface area contributed by atoms with Crippen LogP contribution in [0.15, 0.2) is 60.2 Å². The highest BCUT2D eigenvalue weighted by atomic mass is 35.5. The zero-order valence-corrected chi connectivity index (χ0v) is 16.6. The number of benzene rings is 2. The minimum absolute atomic E-state index is 0.402. The van der Waals surface area contributed by atoms with Crippen molar-refractivity contribution in [3.05, 3.63) is 71.3 Å². The highest BCUT2D eigenvalue weighted by molar-refractivity contribution is 7.80. The van der Waals surface area contributed by atoms with Gasteiger partial charge in [0.2, 0.25) is 0 Å². The molecular formula is C20H22ClN3O2S. The fourth-order valence-corrected chi connectivity index (χ4v) is 2.50. The topological polar surface area (TPSA) is 54.9 Å². The van der Waals surface area contributed by atoms with Gasteiger partial charge in [0.05, 0.1) is 12.8 Å². The molecule has 0 fully saturated rings. The molecule has 0 saturated carbocycles. The Morgan fingerprint density at radius 2 is 2.07 bits per heavy atom. The summed E-state index contributed by atoms with van der Waals surface area (Å²) in [6, 6.07) is 13.2. The SMILES string of the molecule is C=CCNC(=S)N/N=C\c1ccc(OCc2cccc(Cl)c2)c(OCC)c1. The third kappa shape index (κ3) is 7.29. The van der Waals surface area contributed by atoms with E-state index < -0.39 is 0 Å². The Kier molecular flexibility index (Phi) is 8.61. The molecule has 0 amide bonds. The van der Waals surface area contributed by atoms with Crippen molar-refractivity contribution in [2.24, 2.45) is 5.10 Å². The smallest absolute Gasteiger partial charge is 0.187 e. The summed E-state index contributed by atoms with van der Waals surface area (Å²) in [4.78, 5) is 0. The van der Waals surface area contributed by atoms with Crippen LogP contribution < -0.4 is 20.2 Å². The van der Waals surface area contributed by atoms with Crippen LogP contribution in [0.2, 0.25) is 5.02 Å². The number of rotatable bonds is 9. The molecule has 0 bridgehead atoms. The molecule has 7 heteroatoms. The average Bonchev–Trinajstić information content (AvgIpc) is 2.66. The van der Waals surface area contributed by atoms with Gasteiger partial charge >= 0.3 is 0 Å². The van der Waals surface area contributed by atoms with Gasteiger partial charge in [0.25, 0.3) is 0 Å². The van der Waals surface area contributed by atoms with E-state index in [1.807, 2.05) is 49.4 Å². The lowest BCUT2D eigenvalue weighted by Gasteiger charge is -2.13. The first-order valence-corrected chi connectivity index (χ1v) is 9.23. The first-order chi connectivity index (χ1) is 13.1. The summed E-state index contributed by atoms with van der Waals surface area (Å²) >= 11 is 11.1. The molecule has 0 radical (unpaired) electrons. The summed E-state index contributed by atoms with van der Waals surface area (Å²) in [5.74, 6) is 1.31. The predicted molar refractivity (Wildman–Crippen MR) is 115 cm³/mol. The van der Waals surface area contributed by atoms with E-state index in [2.05, 4.69) is 22.4 Å². The largest absolute Gasteiger partial charge is 0.490 e. The molecule has 0 saturated heterocycles. The van der Waals surface area contributed by atoms with Gasteiger partial charge in [-0.25, -0.2) is 0 Å². The van der Waals surface area contributed by atoms with Crippen LogP contribution in [0.5, 0.6) is 11.5 Å². The second-order valence-corrected chi connectivity index (χ2v) is 6.27. The second-order valence-electron chi connectivity index (χ2n) is 5.43. The summed E-state index contributed by atoms with van der Waals surface area (Å²) in [5, 5.41) is 8.14. The molecule has 0 heterocycles. The number of hydrogen-bond acceptors (Lipinski definition) is 4. The maximum atomic E-state index is 6.01. The lowest BCUT2D eigenvalue weighted by Crippen LogP contribution is -2.31.